The van der Waals surface area contributed by atoms with Gasteiger partial charge in [0.05, 0.1) is 34.2 Å². The van der Waals surface area contributed by atoms with Crippen molar-refractivity contribution in [3.8, 4) is 17.2 Å². The standard InChI is InChI=1S/C45H36O14/c1-2-52-37-35(46)32-24-23-31(25-33(32)55-44(37)51)54-45-39(59-43(50)30-21-13-6-14-22-30)38(58-42(49)29-19-11-5-12-20-29)36(57-41(48)28-17-9-4-10-18-28)34(56-45)26-53-40(47)27-15-7-3-8-16-27/h3-25,34,36,38-39,45-46H,2,26H2,1H3/t34-,36-,38+,39+,45+/m1/s1. The lowest BCUT2D eigenvalue weighted by atomic mass is 9.97. The first kappa shape index (κ1) is 39.8. The molecule has 0 unspecified atom stereocenters. The number of fused-ring (bicyclic) bond motifs is 1. The lowest BCUT2D eigenvalue weighted by Gasteiger charge is -2.44. The van der Waals surface area contributed by atoms with Crippen molar-refractivity contribution >= 4 is 34.8 Å². The summed E-state index contributed by atoms with van der Waals surface area (Å²) < 4.78 is 47.3. The minimum absolute atomic E-state index is 0.0251. The Bertz CT molecular complexity index is 2470. The van der Waals surface area contributed by atoms with E-state index in [1.54, 1.807) is 91.9 Å². The predicted octanol–water partition coefficient (Wildman–Crippen LogP) is 6.53. The van der Waals surface area contributed by atoms with Crippen LogP contribution in [0.3, 0.4) is 0 Å². The van der Waals surface area contributed by atoms with E-state index >= 15 is 0 Å². The molecule has 300 valence electrons. The summed E-state index contributed by atoms with van der Waals surface area (Å²) in [5.41, 5.74) is -0.481. The van der Waals surface area contributed by atoms with Gasteiger partial charge >= 0.3 is 29.5 Å². The second kappa shape index (κ2) is 18.2. The number of esters is 4. The SMILES string of the molecule is CCOc1c(O)c2ccc(O[C@H]3O[C@H](COC(=O)c4ccccc4)[C@@H](OC(=O)c4ccccc4)[C@H](OC(=O)c4ccccc4)[C@@H]3OC(=O)c3ccccc3)cc2oc1=O. The summed E-state index contributed by atoms with van der Waals surface area (Å²) in [6, 6.07) is 36.0. The minimum Gasteiger partial charge on any atom is -0.504 e. The van der Waals surface area contributed by atoms with Crippen LogP contribution in [0.2, 0.25) is 0 Å². The van der Waals surface area contributed by atoms with Crippen LogP contribution in [0.4, 0.5) is 0 Å². The van der Waals surface area contributed by atoms with Crippen LogP contribution in [0.25, 0.3) is 11.0 Å². The average molecular weight is 801 g/mol. The van der Waals surface area contributed by atoms with Crippen LogP contribution >= 0.6 is 0 Å². The maximum atomic E-state index is 13.9. The Morgan fingerprint density at radius 3 is 1.59 bits per heavy atom. The molecule has 5 aromatic carbocycles. The third-order valence-corrected chi connectivity index (χ3v) is 9.09. The van der Waals surface area contributed by atoms with E-state index < -0.39 is 72.6 Å². The van der Waals surface area contributed by atoms with Crippen molar-refractivity contribution in [1.29, 1.82) is 0 Å². The zero-order valence-electron chi connectivity index (χ0n) is 31.3. The third-order valence-electron chi connectivity index (χ3n) is 9.09. The Morgan fingerprint density at radius 2 is 1.08 bits per heavy atom. The molecule has 14 nitrogen and oxygen atoms in total. The quantitative estimate of drug-likeness (QED) is 0.0755. The number of ether oxygens (including phenoxy) is 7. The molecule has 0 radical (unpaired) electrons. The summed E-state index contributed by atoms with van der Waals surface area (Å²) >= 11 is 0. The monoisotopic (exact) mass is 800 g/mol. The Kier molecular flexibility index (Phi) is 12.3. The molecule has 1 saturated heterocycles. The third kappa shape index (κ3) is 9.24. The number of hydrogen-bond donors (Lipinski definition) is 1. The largest absolute Gasteiger partial charge is 0.504 e. The first-order valence-electron chi connectivity index (χ1n) is 18.4. The highest BCUT2D eigenvalue weighted by Crippen LogP contribution is 2.36. The van der Waals surface area contributed by atoms with Crippen LogP contribution in [-0.4, -0.2) is 72.9 Å². The van der Waals surface area contributed by atoms with Crippen LogP contribution in [0.5, 0.6) is 17.2 Å². The van der Waals surface area contributed by atoms with Gasteiger partial charge in [0.2, 0.25) is 18.1 Å². The van der Waals surface area contributed by atoms with Gasteiger partial charge in [-0.15, -0.1) is 0 Å². The fourth-order valence-electron chi connectivity index (χ4n) is 6.25. The van der Waals surface area contributed by atoms with Crippen molar-refractivity contribution in [2.45, 2.75) is 37.6 Å². The van der Waals surface area contributed by atoms with Gasteiger partial charge in [-0.05, 0) is 67.6 Å². The summed E-state index contributed by atoms with van der Waals surface area (Å²) in [4.78, 5) is 67.4. The molecule has 1 fully saturated rings. The predicted molar refractivity (Wildman–Crippen MR) is 208 cm³/mol. The van der Waals surface area contributed by atoms with Crippen LogP contribution in [-0.2, 0) is 23.7 Å². The summed E-state index contributed by atoms with van der Waals surface area (Å²) in [6.45, 7) is 1.16. The van der Waals surface area contributed by atoms with Gasteiger partial charge in [-0.25, -0.2) is 24.0 Å². The molecule has 1 aliphatic heterocycles. The van der Waals surface area contributed by atoms with Crippen molar-refractivity contribution in [3.05, 3.63) is 172 Å². The normalized spacial score (nSPS) is 18.6. The molecular weight excluding hydrogens is 764 g/mol. The number of aromatic hydroxyl groups is 1. The molecular formula is C45H36O14. The number of carbonyl (C=O) groups is 4. The molecule has 1 aliphatic rings. The molecule has 7 rings (SSSR count). The number of carbonyl (C=O) groups excluding carboxylic acids is 4. The minimum atomic E-state index is -1.68. The second-order valence-corrected chi connectivity index (χ2v) is 13.0. The first-order valence-corrected chi connectivity index (χ1v) is 18.4. The van der Waals surface area contributed by atoms with Gasteiger partial charge < -0.3 is 42.7 Å². The summed E-state index contributed by atoms with van der Waals surface area (Å²) in [6.07, 6.45) is -8.03. The Labute approximate surface area is 336 Å². The number of benzene rings is 5. The zero-order valence-corrected chi connectivity index (χ0v) is 31.3. The van der Waals surface area contributed by atoms with Crippen LogP contribution in [0.1, 0.15) is 48.4 Å². The molecule has 59 heavy (non-hydrogen) atoms. The lowest BCUT2D eigenvalue weighted by molar-refractivity contribution is -0.275. The van der Waals surface area contributed by atoms with Gasteiger partial charge in [-0.1, -0.05) is 72.8 Å². The van der Waals surface area contributed by atoms with E-state index in [1.165, 1.54) is 54.6 Å². The molecule has 0 spiro atoms. The molecule has 0 saturated carbocycles. The summed E-state index contributed by atoms with van der Waals surface area (Å²) in [7, 11) is 0. The topological polar surface area (TPSA) is 183 Å². The fraction of sp³-hybridized carbons (Fsp3) is 0.178. The highest BCUT2D eigenvalue weighted by molar-refractivity contribution is 5.92. The van der Waals surface area contributed by atoms with Crippen molar-refractivity contribution in [2.24, 2.45) is 0 Å². The van der Waals surface area contributed by atoms with Crippen LogP contribution < -0.4 is 15.1 Å². The molecule has 14 heteroatoms. The van der Waals surface area contributed by atoms with E-state index in [9.17, 15) is 29.1 Å². The van der Waals surface area contributed by atoms with Crippen molar-refractivity contribution in [1.82, 2.24) is 0 Å². The molecule has 1 aromatic heterocycles. The van der Waals surface area contributed by atoms with Gasteiger partial charge in [0.15, 0.2) is 18.0 Å². The maximum absolute atomic E-state index is 13.9. The van der Waals surface area contributed by atoms with E-state index in [0.717, 1.165) is 0 Å². The molecule has 1 N–H and O–H groups in total. The maximum Gasteiger partial charge on any atom is 0.383 e. The summed E-state index contributed by atoms with van der Waals surface area (Å²) in [5.74, 6) is -4.22. The van der Waals surface area contributed by atoms with Gasteiger partial charge in [-0.2, -0.15) is 0 Å². The van der Waals surface area contributed by atoms with Crippen molar-refractivity contribution in [3.63, 3.8) is 0 Å². The van der Waals surface area contributed by atoms with Crippen molar-refractivity contribution < 1.29 is 61.9 Å². The highest BCUT2D eigenvalue weighted by atomic mass is 16.7. The van der Waals surface area contributed by atoms with Gasteiger partial charge in [0, 0.05) is 6.07 Å². The van der Waals surface area contributed by atoms with Gasteiger partial charge in [-0.3, -0.25) is 0 Å². The fourth-order valence-corrected chi connectivity index (χ4v) is 6.25. The molecule has 0 bridgehead atoms. The van der Waals surface area contributed by atoms with E-state index in [2.05, 4.69) is 0 Å². The first-order chi connectivity index (χ1) is 28.7. The molecule has 5 atom stereocenters. The lowest BCUT2D eigenvalue weighted by Crippen LogP contribution is -2.63. The molecule has 6 aromatic rings. The van der Waals surface area contributed by atoms with Gasteiger partial charge in [0.25, 0.3) is 0 Å². The molecule has 0 amide bonds. The smallest absolute Gasteiger partial charge is 0.383 e. The average Bonchev–Trinajstić information content (AvgIpc) is 3.27. The highest BCUT2D eigenvalue weighted by Gasteiger charge is 2.54. The molecule has 0 aliphatic carbocycles. The van der Waals surface area contributed by atoms with Gasteiger partial charge in [0.1, 0.15) is 24.0 Å². The van der Waals surface area contributed by atoms with Crippen LogP contribution in [0, 0.1) is 0 Å². The van der Waals surface area contributed by atoms with Crippen LogP contribution in [0.15, 0.2) is 149 Å². The summed E-state index contributed by atoms with van der Waals surface area (Å²) in [5, 5.41) is 10.9. The van der Waals surface area contributed by atoms with E-state index in [4.69, 9.17) is 37.6 Å². The van der Waals surface area contributed by atoms with Crippen molar-refractivity contribution in [2.75, 3.05) is 13.2 Å². The Hall–Kier alpha value is -7.45. The van der Waals surface area contributed by atoms with E-state index in [0.29, 0.717) is 0 Å². The Balaban J connectivity index is 1.32. The number of hydrogen-bond acceptors (Lipinski definition) is 14. The second-order valence-electron chi connectivity index (χ2n) is 13.0. The number of rotatable bonds is 13. The van der Waals surface area contributed by atoms with E-state index in [1.807, 2.05) is 0 Å². The zero-order chi connectivity index (χ0) is 41.3. The molecule has 2 heterocycles. The Morgan fingerprint density at radius 1 is 0.610 bits per heavy atom. The van der Waals surface area contributed by atoms with E-state index in [-0.39, 0.29) is 51.3 Å².